The van der Waals surface area contributed by atoms with E-state index < -0.39 is 5.43 Å². The summed E-state index contributed by atoms with van der Waals surface area (Å²) in [5, 5.41) is 29.5. The van der Waals surface area contributed by atoms with Crippen molar-refractivity contribution in [2.24, 2.45) is 5.92 Å². The zero-order valence-electron chi connectivity index (χ0n) is 15.4. The van der Waals surface area contributed by atoms with Crippen LogP contribution >= 0.6 is 0 Å². The van der Waals surface area contributed by atoms with Crippen molar-refractivity contribution < 1.29 is 24.5 Å². The Hall–Kier alpha value is -3.15. The maximum Gasteiger partial charge on any atom is 0.197 e. The summed E-state index contributed by atoms with van der Waals surface area (Å²) in [6.45, 7) is 0.570. The molecular weight excluding hydrogens is 360 g/mol. The normalized spacial score (nSPS) is 15.0. The Morgan fingerprint density at radius 2 is 1.71 bits per heavy atom. The molecule has 0 unspecified atom stereocenters. The summed E-state index contributed by atoms with van der Waals surface area (Å²) >= 11 is 0. The molecule has 0 aliphatic heterocycles. The number of ether oxygens (including phenoxy) is 1. The molecule has 3 N–H and O–H groups in total. The van der Waals surface area contributed by atoms with E-state index in [1.165, 1.54) is 49.6 Å². The predicted octanol–water partition coefficient (Wildman–Crippen LogP) is 4.54. The van der Waals surface area contributed by atoms with Crippen LogP contribution in [0.15, 0.2) is 45.6 Å². The Balaban J connectivity index is 1.68. The molecule has 1 aliphatic rings. The van der Waals surface area contributed by atoms with E-state index in [9.17, 15) is 20.1 Å². The molecule has 1 fully saturated rings. The standard InChI is InChI=1S/C22H22O6/c23-16-7-6-14(8-17(16)24)20-11-19(26)22-18(25)9-15(10-21(22)28-20)27-12-13-4-2-1-3-5-13/h6-11,13,23-25H,1-5,12H2. The van der Waals surface area contributed by atoms with Crippen LogP contribution in [0.4, 0.5) is 0 Å². The molecule has 0 spiro atoms. The predicted molar refractivity (Wildman–Crippen MR) is 105 cm³/mol. The minimum Gasteiger partial charge on any atom is -0.507 e. The lowest BCUT2D eigenvalue weighted by Gasteiger charge is -2.21. The maximum atomic E-state index is 12.5. The number of fused-ring (bicyclic) bond motifs is 1. The Kier molecular flexibility index (Phi) is 4.86. The molecule has 2 aromatic carbocycles. The molecule has 6 nitrogen and oxygen atoms in total. The molecule has 0 amide bonds. The van der Waals surface area contributed by atoms with Crippen molar-refractivity contribution >= 4 is 11.0 Å². The van der Waals surface area contributed by atoms with Gasteiger partial charge in [0.2, 0.25) is 0 Å². The van der Waals surface area contributed by atoms with Gasteiger partial charge in [-0.05, 0) is 37.0 Å². The van der Waals surface area contributed by atoms with Gasteiger partial charge in [0.05, 0.1) is 6.61 Å². The molecule has 0 bridgehead atoms. The monoisotopic (exact) mass is 382 g/mol. The Labute approximate surface area is 161 Å². The summed E-state index contributed by atoms with van der Waals surface area (Å²) in [5.74, 6) is 0.409. The molecule has 1 saturated carbocycles. The fourth-order valence-electron chi connectivity index (χ4n) is 3.71. The Morgan fingerprint density at radius 3 is 2.46 bits per heavy atom. The van der Waals surface area contributed by atoms with Crippen molar-refractivity contribution in [3.05, 3.63) is 46.6 Å². The summed E-state index contributed by atoms with van der Waals surface area (Å²) in [5.41, 5.74) is 0.233. The Morgan fingerprint density at radius 1 is 0.929 bits per heavy atom. The summed E-state index contributed by atoms with van der Waals surface area (Å²) in [7, 11) is 0. The van der Waals surface area contributed by atoms with Gasteiger partial charge in [0.1, 0.15) is 28.2 Å². The number of aromatic hydroxyl groups is 3. The third-order valence-electron chi connectivity index (χ3n) is 5.25. The molecular formula is C22H22O6. The quantitative estimate of drug-likeness (QED) is 0.573. The van der Waals surface area contributed by atoms with Crippen LogP contribution in [0.5, 0.6) is 23.0 Å². The molecule has 6 heteroatoms. The number of phenols is 3. The molecule has 146 valence electrons. The van der Waals surface area contributed by atoms with Crippen LogP contribution in [0.25, 0.3) is 22.3 Å². The van der Waals surface area contributed by atoms with Gasteiger partial charge in [0.15, 0.2) is 16.9 Å². The topological polar surface area (TPSA) is 100 Å². The van der Waals surface area contributed by atoms with Gasteiger partial charge >= 0.3 is 0 Å². The van der Waals surface area contributed by atoms with Gasteiger partial charge in [0, 0.05) is 23.8 Å². The largest absolute Gasteiger partial charge is 0.507 e. The fraction of sp³-hybridized carbons (Fsp3) is 0.318. The number of hydrogen-bond acceptors (Lipinski definition) is 6. The van der Waals surface area contributed by atoms with Crippen molar-refractivity contribution in [2.45, 2.75) is 32.1 Å². The van der Waals surface area contributed by atoms with Crippen LogP contribution in [-0.4, -0.2) is 21.9 Å². The van der Waals surface area contributed by atoms with Crippen LogP contribution in [0, 0.1) is 5.92 Å². The zero-order valence-corrected chi connectivity index (χ0v) is 15.4. The van der Waals surface area contributed by atoms with Crippen LogP contribution in [0.3, 0.4) is 0 Å². The van der Waals surface area contributed by atoms with Crippen molar-refractivity contribution in [2.75, 3.05) is 6.61 Å². The number of rotatable bonds is 4. The van der Waals surface area contributed by atoms with Crippen molar-refractivity contribution in [3.63, 3.8) is 0 Å². The van der Waals surface area contributed by atoms with Gasteiger partial charge in [-0.15, -0.1) is 0 Å². The molecule has 28 heavy (non-hydrogen) atoms. The highest BCUT2D eigenvalue weighted by Crippen LogP contribution is 2.34. The minimum atomic E-state index is -0.403. The summed E-state index contributed by atoms with van der Waals surface area (Å²) in [4.78, 5) is 12.5. The van der Waals surface area contributed by atoms with Crippen LogP contribution in [0.1, 0.15) is 32.1 Å². The van der Waals surface area contributed by atoms with E-state index in [1.54, 1.807) is 6.07 Å². The van der Waals surface area contributed by atoms with E-state index >= 15 is 0 Å². The van der Waals surface area contributed by atoms with Crippen molar-refractivity contribution in [1.82, 2.24) is 0 Å². The molecule has 1 aliphatic carbocycles. The summed E-state index contributed by atoms with van der Waals surface area (Å²) in [6.07, 6.45) is 5.99. The Bertz CT molecular complexity index is 1060. The van der Waals surface area contributed by atoms with E-state index in [1.807, 2.05) is 0 Å². The number of benzene rings is 2. The van der Waals surface area contributed by atoms with E-state index in [0.29, 0.717) is 23.8 Å². The van der Waals surface area contributed by atoms with Crippen molar-refractivity contribution in [3.8, 4) is 34.3 Å². The van der Waals surface area contributed by atoms with Gasteiger partial charge in [-0.2, -0.15) is 0 Å². The lowest BCUT2D eigenvalue weighted by Crippen LogP contribution is -2.15. The van der Waals surface area contributed by atoms with Gasteiger partial charge in [0.25, 0.3) is 0 Å². The minimum absolute atomic E-state index is 0.0803. The lowest BCUT2D eigenvalue weighted by atomic mass is 9.90. The SMILES string of the molecule is O=c1cc(-c2ccc(O)c(O)c2)oc2cc(OCC3CCCCC3)cc(O)c12. The second-order valence-electron chi connectivity index (χ2n) is 7.31. The molecule has 0 radical (unpaired) electrons. The number of phenolic OH excluding ortho intramolecular Hbond substituents is 3. The molecule has 1 aromatic heterocycles. The molecule has 0 saturated heterocycles. The first-order chi connectivity index (χ1) is 13.5. The first kappa shape index (κ1) is 18.2. The average molecular weight is 382 g/mol. The third kappa shape index (κ3) is 3.63. The highest BCUT2D eigenvalue weighted by atomic mass is 16.5. The van der Waals surface area contributed by atoms with Gasteiger partial charge in [-0.3, -0.25) is 4.79 Å². The fourth-order valence-corrected chi connectivity index (χ4v) is 3.71. The summed E-state index contributed by atoms with van der Waals surface area (Å²) in [6, 6.07) is 8.44. The highest BCUT2D eigenvalue weighted by Gasteiger charge is 2.17. The van der Waals surface area contributed by atoms with E-state index in [-0.39, 0.29) is 34.0 Å². The van der Waals surface area contributed by atoms with Crippen LogP contribution in [0.2, 0.25) is 0 Å². The smallest absolute Gasteiger partial charge is 0.197 e. The van der Waals surface area contributed by atoms with Crippen LogP contribution < -0.4 is 10.2 Å². The molecule has 1 heterocycles. The van der Waals surface area contributed by atoms with Gasteiger partial charge in [-0.1, -0.05) is 19.3 Å². The molecule has 4 rings (SSSR count). The zero-order chi connectivity index (χ0) is 19.7. The summed E-state index contributed by atoms with van der Waals surface area (Å²) < 4.78 is 11.7. The number of hydrogen-bond donors (Lipinski definition) is 3. The average Bonchev–Trinajstić information content (AvgIpc) is 2.68. The molecule has 3 aromatic rings. The van der Waals surface area contributed by atoms with E-state index in [4.69, 9.17) is 9.15 Å². The first-order valence-electron chi connectivity index (χ1n) is 9.47. The van der Waals surface area contributed by atoms with E-state index in [2.05, 4.69) is 0 Å². The lowest BCUT2D eigenvalue weighted by molar-refractivity contribution is 0.208. The first-order valence-corrected chi connectivity index (χ1v) is 9.47. The van der Waals surface area contributed by atoms with Crippen LogP contribution in [-0.2, 0) is 0 Å². The highest BCUT2D eigenvalue weighted by molar-refractivity contribution is 5.86. The van der Waals surface area contributed by atoms with Crippen molar-refractivity contribution in [1.29, 1.82) is 0 Å². The third-order valence-corrected chi connectivity index (χ3v) is 5.25. The molecule has 0 atom stereocenters. The maximum absolute atomic E-state index is 12.5. The van der Waals surface area contributed by atoms with E-state index in [0.717, 1.165) is 12.8 Å². The second kappa shape index (κ2) is 7.46. The second-order valence-corrected chi connectivity index (χ2v) is 7.31. The van der Waals surface area contributed by atoms with Gasteiger partial charge < -0.3 is 24.5 Å². The van der Waals surface area contributed by atoms with Gasteiger partial charge in [-0.25, -0.2) is 0 Å².